The van der Waals surface area contributed by atoms with E-state index in [9.17, 15) is 9.90 Å². The van der Waals surface area contributed by atoms with Crippen molar-refractivity contribution in [2.75, 3.05) is 0 Å². The molecule has 1 aromatic heterocycles. The maximum absolute atomic E-state index is 12.3. The summed E-state index contributed by atoms with van der Waals surface area (Å²) in [6.07, 6.45) is 3.49. The van der Waals surface area contributed by atoms with Crippen LogP contribution in [0.2, 0.25) is 0 Å². The van der Waals surface area contributed by atoms with Crippen molar-refractivity contribution in [2.45, 2.75) is 13.0 Å². The predicted molar refractivity (Wildman–Crippen MR) is 118 cm³/mol. The van der Waals surface area contributed by atoms with Crippen LogP contribution in [0.3, 0.4) is 0 Å². The highest BCUT2D eigenvalue weighted by Crippen LogP contribution is 2.27. The molecule has 154 valence electrons. The standard InChI is InChI=1S/C25H22N4O2/c30-22-14-8-7-13-21(22)17-27-28-23(31)15-16-29-18-26-24(19-9-3-1-4-10-19)25(29)20-11-5-2-6-12-20/h1-14,17-18H,15-16H2,(H2,27,28,30,31). The zero-order chi connectivity index (χ0) is 21.5. The van der Waals surface area contributed by atoms with E-state index in [0.717, 1.165) is 22.5 Å². The zero-order valence-electron chi connectivity index (χ0n) is 16.9. The summed E-state index contributed by atoms with van der Waals surface area (Å²) in [4.78, 5) is 15.6. The van der Waals surface area contributed by atoms with Gasteiger partial charge in [-0.1, -0.05) is 90.7 Å². The van der Waals surface area contributed by atoms with Crippen molar-refractivity contribution < 1.29 is 14.5 Å². The van der Waals surface area contributed by atoms with Crippen molar-refractivity contribution in [2.24, 2.45) is 5.10 Å². The number of aromatic amines is 1. The van der Waals surface area contributed by atoms with Gasteiger partial charge in [-0.05, 0) is 5.56 Å². The van der Waals surface area contributed by atoms with Gasteiger partial charge in [0, 0.05) is 11.1 Å². The van der Waals surface area contributed by atoms with E-state index in [4.69, 9.17) is 0 Å². The molecule has 2 N–H and O–H groups in total. The summed E-state index contributed by atoms with van der Waals surface area (Å²) in [6.45, 7) is 0.479. The molecule has 0 saturated carbocycles. The minimum atomic E-state index is -0.228. The summed E-state index contributed by atoms with van der Waals surface area (Å²) in [5.74, 6) is -0.363. The number of hydrogen-bond donors (Lipinski definition) is 2. The topological polar surface area (TPSA) is 84.2 Å². The van der Waals surface area contributed by atoms with Gasteiger partial charge in [0.05, 0.1) is 19.2 Å². The van der Waals surface area contributed by atoms with E-state index < -0.39 is 0 Å². The summed E-state index contributed by atoms with van der Waals surface area (Å²) >= 11 is 0. The van der Waals surface area contributed by atoms with Gasteiger partial charge in [0.15, 0.2) is 11.4 Å². The Bertz CT molecular complexity index is 1180. The summed E-state index contributed by atoms with van der Waals surface area (Å²) < 4.78 is 2.04. The number of rotatable bonds is 7. The van der Waals surface area contributed by atoms with Crippen LogP contribution in [0.1, 0.15) is 12.0 Å². The summed E-state index contributed by atoms with van der Waals surface area (Å²) in [5.41, 5.74) is 7.08. The van der Waals surface area contributed by atoms with Crippen molar-refractivity contribution in [1.82, 2.24) is 10.4 Å². The fourth-order valence-corrected chi connectivity index (χ4v) is 3.37. The molecule has 0 bridgehead atoms. The van der Waals surface area contributed by atoms with Crippen LogP contribution in [0.5, 0.6) is 5.75 Å². The van der Waals surface area contributed by atoms with Crippen LogP contribution >= 0.6 is 0 Å². The third kappa shape index (κ3) is 4.87. The zero-order valence-corrected chi connectivity index (χ0v) is 16.9. The molecule has 6 nitrogen and oxygen atoms in total. The maximum Gasteiger partial charge on any atom is 0.244 e. The number of aryl methyl sites for hydroxylation is 1. The number of H-pyrrole nitrogens is 1. The van der Waals surface area contributed by atoms with E-state index in [1.807, 2.05) is 47.3 Å². The van der Waals surface area contributed by atoms with E-state index in [1.54, 1.807) is 18.2 Å². The molecule has 1 heterocycles. The minimum absolute atomic E-state index is 0.135. The summed E-state index contributed by atoms with van der Waals surface area (Å²) in [5, 5.41) is 15.6. The Kier molecular flexibility index (Phi) is 6.18. The van der Waals surface area contributed by atoms with Crippen LogP contribution < -0.4 is 15.1 Å². The number of nitrogens with one attached hydrogen (secondary N) is 2. The molecule has 4 aromatic rings. The van der Waals surface area contributed by atoms with Gasteiger partial charge < -0.3 is 5.11 Å². The van der Waals surface area contributed by atoms with Crippen molar-refractivity contribution in [3.63, 3.8) is 0 Å². The van der Waals surface area contributed by atoms with E-state index in [2.05, 4.69) is 39.8 Å². The van der Waals surface area contributed by atoms with Gasteiger partial charge in [0.2, 0.25) is 12.2 Å². The Hall–Kier alpha value is -4.19. The number of hydrazone groups is 1. The van der Waals surface area contributed by atoms with Crippen molar-refractivity contribution in [3.8, 4) is 28.3 Å². The maximum atomic E-state index is 12.3. The number of amides is 1. The molecular formula is C25H22N4O2. The SMILES string of the molecule is O=C(CC[n+]1c[nH]c(-c2ccccc2)c1-c1ccccc1)NN=Cc1ccccc1[O-]. The molecule has 4 rings (SSSR count). The molecule has 1 amide bonds. The first-order valence-electron chi connectivity index (χ1n) is 10.0. The number of benzene rings is 3. The highest BCUT2D eigenvalue weighted by Gasteiger charge is 2.21. The van der Waals surface area contributed by atoms with Gasteiger partial charge in [-0.15, -0.1) is 0 Å². The van der Waals surface area contributed by atoms with Crippen LogP contribution in [0.15, 0.2) is 96.4 Å². The third-order valence-electron chi connectivity index (χ3n) is 4.89. The molecule has 0 aliphatic carbocycles. The van der Waals surface area contributed by atoms with Gasteiger partial charge in [0.25, 0.3) is 0 Å². The lowest BCUT2D eigenvalue weighted by Crippen LogP contribution is -2.36. The molecule has 0 radical (unpaired) electrons. The second-order valence-electron chi connectivity index (χ2n) is 7.00. The second kappa shape index (κ2) is 9.54. The molecular weight excluding hydrogens is 388 g/mol. The fraction of sp³-hybridized carbons (Fsp3) is 0.0800. The van der Waals surface area contributed by atoms with Gasteiger partial charge in [-0.2, -0.15) is 5.10 Å². The smallest absolute Gasteiger partial charge is 0.244 e. The van der Waals surface area contributed by atoms with E-state index in [0.29, 0.717) is 12.1 Å². The molecule has 0 aliphatic rings. The molecule has 0 aliphatic heterocycles. The van der Waals surface area contributed by atoms with Crippen LogP contribution in [-0.4, -0.2) is 17.1 Å². The molecule has 0 unspecified atom stereocenters. The Morgan fingerprint density at radius 3 is 2.29 bits per heavy atom. The molecule has 0 atom stereocenters. The van der Waals surface area contributed by atoms with Gasteiger partial charge >= 0.3 is 0 Å². The first-order chi connectivity index (χ1) is 15.2. The Labute approximate surface area is 180 Å². The van der Waals surface area contributed by atoms with E-state index in [-0.39, 0.29) is 18.1 Å². The summed E-state index contributed by atoms with van der Waals surface area (Å²) in [6, 6.07) is 26.7. The van der Waals surface area contributed by atoms with Crippen LogP contribution in [-0.2, 0) is 11.3 Å². The van der Waals surface area contributed by atoms with E-state index in [1.165, 1.54) is 12.3 Å². The van der Waals surface area contributed by atoms with Crippen molar-refractivity contribution >= 4 is 12.1 Å². The normalized spacial score (nSPS) is 11.0. The summed E-state index contributed by atoms with van der Waals surface area (Å²) in [7, 11) is 0. The lowest BCUT2D eigenvalue weighted by atomic mass is 10.0. The quantitative estimate of drug-likeness (QED) is 0.278. The van der Waals surface area contributed by atoms with Crippen LogP contribution in [0, 0.1) is 0 Å². The third-order valence-corrected chi connectivity index (χ3v) is 4.89. The van der Waals surface area contributed by atoms with Gasteiger partial charge in [-0.3, -0.25) is 4.79 Å². The van der Waals surface area contributed by atoms with Crippen molar-refractivity contribution in [1.29, 1.82) is 0 Å². The lowest BCUT2D eigenvalue weighted by molar-refractivity contribution is -0.683. The molecule has 0 fully saturated rings. The number of carbonyl (C=O) groups is 1. The average molecular weight is 410 g/mol. The van der Waals surface area contributed by atoms with E-state index >= 15 is 0 Å². The number of hydrogen-bond acceptors (Lipinski definition) is 3. The molecule has 0 spiro atoms. The highest BCUT2D eigenvalue weighted by atomic mass is 16.3. The highest BCUT2D eigenvalue weighted by molar-refractivity contribution is 5.84. The Morgan fingerprint density at radius 1 is 0.935 bits per heavy atom. The number of carbonyl (C=O) groups excluding carboxylic acids is 1. The molecule has 0 saturated heterocycles. The molecule has 3 aromatic carbocycles. The number of imidazole rings is 1. The number of nitrogens with zero attached hydrogens (tertiary/aromatic N) is 2. The molecule has 6 heteroatoms. The molecule has 31 heavy (non-hydrogen) atoms. The van der Waals surface area contributed by atoms with Gasteiger partial charge in [-0.25, -0.2) is 15.0 Å². The Balaban J connectivity index is 1.49. The first kappa shape index (κ1) is 20.1. The van der Waals surface area contributed by atoms with Crippen molar-refractivity contribution in [3.05, 3.63) is 96.8 Å². The average Bonchev–Trinajstić information content (AvgIpc) is 3.24. The lowest BCUT2D eigenvalue weighted by Gasteiger charge is -2.08. The Morgan fingerprint density at radius 2 is 1.58 bits per heavy atom. The number of para-hydroxylation sites is 1. The van der Waals surface area contributed by atoms with Crippen LogP contribution in [0.25, 0.3) is 22.5 Å². The van der Waals surface area contributed by atoms with Crippen LogP contribution in [0.4, 0.5) is 0 Å². The monoisotopic (exact) mass is 410 g/mol. The predicted octanol–water partition coefficient (Wildman–Crippen LogP) is 3.25. The largest absolute Gasteiger partial charge is 0.872 e. The minimum Gasteiger partial charge on any atom is -0.872 e. The first-order valence-corrected chi connectivity index (χ1v) is 10.0. The second-order valence-corrected chi connectivity index (χ2v) is 7.00. The number of aromatic nitrogens is 2. The van der Waals surface area contributed by atoms with Gasteiger partial charge in [0.1, 0.15) is 0 Å². The fourth-order valence-electron chi connectivity index (χ4n) is 3.37.